The van der Waals surface area contributed by atoms with E-state index in [1.54, 1.807) is 19.1 Å². The van der Waals surface area contributed by atoms with Crippen molar-refractivity contribution in [2.75, 3.05) is 27.2 Å². The summed E-state index contributed by atoms with van der Waals surface area (Å²) in [5.41, 5.74) is 0. The third-order valence-corrected chi connectivity index (χ3v) is 1.98. The Morgan fingerprint density at radius 2 is 2.33 bits per heavy atom. The van der Waals surface area contributed by atoms with Crippen molar-refractivity contribution < 1.29 is 9.53 Å². The van der Waals surface area contributed by atoms with Crippen LogP contribution < -0.4 is 5.32 Å². The zero-order valence-corrected chi connectivity index (χ0v) is 8.19. The molecular formula is C7H15ClN2O2. The molecule has 1 fully saturated rings. The normalized spacial score (nSPS) is 21.8. The van der Waals surface area contributed by atoms with Gasteiger partial charge in [0.25, 0.3) is 0 Å². The molecule has 72 valence electrons. The Morgan fingerprint density at radius 1 is 1.67 bits per heavy atom. The van der Waals surface area contributed by atoms with Gasteiger partial charge in [0.05, 0.1) is 6.10 Å². The van der Waals surface area contributed by atoms with Gasteiger partial charge >= 0.3 is 6.03 Å². The molecule has 1 N–H and O–H groups in total. The number of amides is 2. The number of urea groups is 1. The molecule has 0 radical (unpaired) electrons. The third kappa shape index (κ3) is 2.53. The molecule has 1 aliphatic rings. The van der Waals surface area contributed by atoms with E-state index < -0.39 is 0 Å². The summed E-state index contributed by atoms with van der Waals surface area (Å²) < 4.78 is 5.11. The highest BCUT2D eigenvalue weighted by Gasteiger charge is 2.24. The van der Waals surface area contributed by atoms with Crippen LogP contribution in [0.25, 0.3) is 0 Å². The summed E-state index contributed by atoms with van der Waals surface area (Å²) in [5.74, 6) is 0. The number of likely N-dealkylation sites (tertiary alicyclic amines) is 1. The maximum absolute atomic E-state index is 11.0. The van der Waals surface area contributed by atoms with Gasteiger partial charge < -0.3 is 15.0 Å². The molecule has 1 atom stereocenters. The fraction of sp³-hybridized carbons (Fsp3) is 0.857. The molecule has 2 amide bonds. The van der Waals surface area contributed by atoms with E-state index in [2.05, 4.69) is 5.32 Å². The number of nitrogens with zero attached hydrogens (tertiary/aromatic N) is 1. The Balaban J connectivity index is 0.00000121. The highest BCUT2D eigenvalue weighted by atomic mass is 35.5. The highest BCUT2D eigenvalue weighted by molar-refractivity contribution is 5.85. The molecule has 1 aliphatic heterocycles. The number of ether oxygens (including phenoxy) is 1. The first-order valence-corrected chi connectivity index (χ1v) is 3.77. The summed E-state index contributed by atoms with van der Waals surface area (Å²) in [6.07, 6.45) is 1.18. The van der Waals surface area contributed by atoms with Crippen molar-refractivity contribution in [2.45, 2.75) is 12.5 Å². The van der Waals surface area contributed by atoms with Crippen LogP contribution in [0.1, 0.15) is 6.42 Å². The van der Waals surface area contributed by atoms with E-state index in [-0.39, 0.29) is 24.5 Å². The number of hydrogen-bond donors (Lipinski definition) is 1. The molecule has 0 aliphatic carbocycles. The number of methoxy groups -OCH3 is 1. The van der Waals surface area contributed by atoms with Gasteiger partial charge in [0.1, 0.15) is 0 Å². The lowest BCUT2D eigenvalue weighted by molar-refractivity contribution is 0.110. The number of carbonyl (C=O) groups excluding carboxylic acids is 1. The second kappa shape index (κ2) is 5.22. The smallest absolute Gasteiger partial charge is 0.317 e. The van der Waals surface area contributed by atoms with Gasteiger partial charge in [-0.2, -0.15) is 0 Å². The molecule has 1 heterocycles. The van der Waals surface area contributed by atoms with Gasteiger partial charge in [-0.1, -0.05) is 0 Å². The number of hydrogen-bond acceptors (Lipinski definition) is 2. The standard InChI is InChI=1S/C7H14N2O2.ClH/c1-8-7(10)9-4-3-6(5-9)11-2;/h6H,3-5H2,1-2H3,(H,8,10);1H/t6-;/m1./s1. The molecule has 1 saturated heterocycles. The average molecular weight is 195 g/mol. The molecule has 0 saturated carbocycles. The van der Waals surface area contributed by atoms with Gasteiger partial charge in [0, 0.05) is 27.2 Å². The molecule has 4 nitrogen and oxygen atoms in total. The zero-order valence-electron chi connectivity index (χ0n) is 7.37. The Labute approximate surface area is 78.7 Å². The van der Waals surface area contributed by atoms with Crippen LogP contribution in [-0.4, -0.2) is 44.3 Å². The fourth-order valence-corrected chi connectivity index (χ4v) is 1.26. The van der Waals surface area contributed by atoms with Crippen LogP contribution in [-0.2, 0) is 4.74 Å². The lowest BCUT2D eigenvalue weighted by Crippen LogP contribution is -2.36. The first-order chi connectivity index (χ1) is 5.27. The van der Waals surface area contributed by atoms with Crippen LogP contribution in [0.2, 0.25) is 0 Å². The van der Waals surface area contributed by atoms with Crippen LogP contribution in [0.15, 0.2) is 0 Å². The first kappa shape index (κ1) is 11.5. The van der Waals surface area contributed by atoms with Gasteiger partial charge in [-0.05, 0) is 6.42 Å². The molecule has 5 heteroatoms. The van der Waals surface area contributed by atoms with E-state index in [0.29, 0.717) is 0 Å². The van der Waals surface area contributed by atoms with Crippen LogP contribution in [0, 0.1) is 0 Å². The third-order valence-electron chi connectivity index (χ3n) is 1.98. The van der Waals surface area contributed by atoms with E-state index in [1.807, 2.05) is 0 Å². The second-order valence-electron chi connectivity index (χ2n) is 2.65. The molecule has 0 unspecified atom stereocenters. The molecule has 0 aromatic heterocycles. The molecule has 0 spiro atoms. The van der Waals surface area contributed by atoms with Crippen LogP contribution in [0.4, 0.5) is 4.79 Å². The second-order valence-corrected chi connectivity index (χ2v) is 2.65. The van der Waals surface area contributed by atoms with Gasteiger partial charge in [0.15, 0.2) is 0 Å². The topological polar surface area (TPSA) is 41.6 Å². The minimum absolute atomic E-state index is 0. The Morgan fingerprint density at radius 3 is 2.75 bits per heavy atom. The highest BCUT2D eigenvalue weighted by Crippen LogP contribution is 2.10. The van der Waals surface area contributed by atoms with Crippen molar-refractivity contribution in [3.05, 3.63) is 0 Å². The van der Waals surface area contributed by atoms with Gasteiger partial charge in [-0.15, -0.1) is 12.4 Å². The van der Waals surface area contributed by atoms with E-state index >= 15 is 0 Å². The maximum atomic E-state index is 11.0. The monoisotopic (exact) mass is 194 g/mol. The van der Waals surface area contributed by atoms with Gasteiger partial charge in [0.2, 0.25) is 0 Å². The largest absolute Gasteiger partial charge is 0.380 e. The van der Waals surface area contributed by atoms with Gasteiger partial charge in [-0.25, -0.2) is 4.79 Å². The molecule has 12 heavy (non-hydrogen) atoms. The summed E-state index contributed by atoms with van der Waals surface area (Å²) in [7, 11) is 3.32. The SMILES string of the molecule is CNC(=O)N1CC[C@@H](OC)C1.Cl. The number of halogens is 1. The van der Waals surface area contributed by atoms with Crippen molar-refractivity contribution in [3.63, 3.8) is 0 Å². The average Bonchev–Trinajstić information content (AvgIpc) is 2.50. The Bertz CT molecular complexity index is 154. The Kier molecular flexibility index (Phi) is 5.01. The van der Waals surface area contributed by atoms with Crippen LogP contribution in [0.3, 0.4) is 0 Å². The predicted octanol–water partition coefficient (Wildman–Crippen LogP) is 0.468. The summed E-state index contributed by atoms with van der Waals surface area (Å²) in [6, 6.07) is -0.00968. The first-order valence-electron chi connectivity index (χ1n) is 3.77. The number of rotatable bonds is 1. The molecule has 0 bridgehead atoms. The predicted molar refractivity (Wildman–Crippen MR) is 48.7 cm³/mol. The molecular weight excluding hydrogens is 180 g/mol. The lowest BCUT2D eigenvalue weighted by Gasteiger charge is -2.14. The number of nitrogens with one attached hydrogen (secondary N) is 1. The van der Waals surface area contributed by atoms with E-state index in [9.17, 15) is 4.79 Å². The summed E-state index contributed by atoms with van der Waals surface area (Å²) >= 11 is 0. The van der Waals surface area contributed by atoms with Crippen molar-refractivity contribution >= 4 is 18.4 Å². The van der Waals surface area contributed by atoms with Crippen molar-refractivity contribution in [1.82, 2.24) is 10.2 Å². The van der Waals surface area contributed by atoms with Gasteiger partial charge in [-0.3, -0.25) is 0 Å². The van der Waals surface area contributed by atoms with Crippen molar-refractivity contribution in [3.8, 4) is 0 Å². The number of carbonyl (C=O) groups is 1. The summed E-state index contributed by atoms with van der Waals surface area (Å²) in [6.45, 7) is 1.52. The lowest BCUT2D eigenvalue weighted by atomic mass is 10.3. The van der Waals surface area contributed by atoms with Crippen LogP contribution in [0.5, 0.6) is 0 Å². The minimum Gasteiger partial charge on any atom is -0.380 e. The minimum atomic E-state index is -0.00968. The maximum Gasteiger partial charge on any atom is 0.317 e. The summed E-state index contributed by atoms with van der Waals surface area (Å²) in [5, 5.41) is 2.58. The molecule has 0 aromatic carbocycles. The van der Waals surface area contributed by atoms with Crippen LogP contribution >= 0.6 is 12.4 Å². The van der Waals surface area contributed by atoms with Crippen molar-refractivity contribution in [1.29, 1.82) is 0 Å². The Hall–Kier alpha value is -0.480. The zero-order chi connectivity index (χ0) is 8.27. The van der Waals surface area contributed by atoms with E-state index in [1.165, 1.54) is 0 Å². The molecule has 1 rings (SSSR count). The van der Waals surface area contributed by atoms with E-state index in [4.69, 9.17) is 4.74 Å². The quantitative estimate of drug-likeness (QED) is 0.660. The van der Waals surface area contributed by atoms with Crippen molar-refractivity contribution in [2.24, 2.45) is 0 Å². The fourth-order valence-electron chi connectivity index (χ4n) is 1.26. The summed E-state index contributed by atoms with van der Waals surface area (Å²) in [4.78, 5) is 12.8. The van der Waals surface area contributed by atoms with E-state index in [0.717, 1.165) is 19.5 Å². The molecule has 0 aromatic rings.